The zero-order chi connectivity index (χ0) is 16.8. The summed E-state index contributed by atoms with van der Waals surface area (Å²) in [6.07, 6.45) is 0.433. The second-order valence-corrected chi connectivity index (χ2v) is 4.79. The molecule has 0 aliphatic carbocycles. The fourth-order valence-corrected chi connectivity index (χ4v) is 2.00. The first-order valence-electron chi connectivity index (χ1n) is 7.16. The quantitative estimate of drug-likeness (QED) is 0.464. The number of methoxy groups -OCH3 is 2. The molecule has 0 aliphatic heterocycles. The van der Waals surface area contributed by atoms with E-state index in [-0.39, 0.29) is 5.78 Å². The van der Waals surface area contributed by atoms with E-state index in [2.05, 4.69) is 0 Å². The molecule has 0 spiro atoms. The molecule has 2 aromatic carbocycles. The Morgan fingerprint density at radius 2 is 1.39 bits per heavy atom. The van der Waals surface area contributed by atoms with Crippen molar-refractivity contribution in [3.8, 4) is 17.2 Å². The molecule has 0 saturated carbocycles. The molecule has 0 saturated heterocycles. The second kappa shape index (κ2) is 7.45. The van der Waals surface area contributed by atoms with Crippen molar-refractivity contribution in [1.29, 1.82) is 0 Å². The van der Waals surface area contributed by atoms with E-state index >= 15 is 0 Å². The van der Waals surface area contributed by atoms with Crippen molar-refractivity contribution in [2.75, 3.05) is 14.2 Å². The van der Waals surface area contributed by atoms with Crippen molar-refractivity contribution in [2.45, 2.75) is 13.3 Å². The molecule has 0 aliphatic rings. The zero-order valence-electron chi connectivity index (χ0n) is 13.3. The Morgan fingerprint density at radius 3 is 1.87 bits per heavy atom. The van der Waals surface area contributed by atoms with Gasteiger partial charge in [-0.25, -0.2) is 4.79 Å². The molecule has 120 valence electrons. The molecule has 0 aromatic heterocycles. The highest BCUT2D eigenvalue weighted by molar-refractivity contribution is 5.96. The van der Waals surface area contributed by atoms with E-state index in [4.69, 9.17) is 14.2 Å². The van der Waals surface area contributed by atoms with Crippen molar-refractivity contribution < 1.29 is 23.8 Å². The van der Waals surface area contributed by atoms with Gasteiger partial charge in [0.05, 0.1) is 19.8 Å². The van der Waals surface area contributed by atoms with Gasteiger partial charge in [-0.2, -0.15) is 0 Å². The summed E-state index contributed by atoms with van der Waals surface area (Å²) in [5.74, 6) is 0.877. The molecule has 0 unspecified atom stereocenters. The van der Waals surface area contributed by atoms with E-state index < -0.39 is 5.97 Å². The molecule has 0 N–H and O–H groups in total. The summed E-state index contributed by atoms with van der Waals surface area (Å²) in [6, 6.07) is 11.3. The van der Waals surface area contributed by atoms with Crippen molar-refractivity contribution >= 4 is 11.8 Å². The normalized spacial score (nSPS) is 10.0. The molecule has 0 bridgehead atoms. The van der Waals surface area contributed by atoms with Crippen LogP contribution in [0, 0.1) is 0 Å². The second-order valence-electron chi connectivity index (χ2n) is 4.79. The summed E-state index contributed by atoms with van der Waals surface area (Å²) in [7, 11) is 3.01. The first-order chi connectivity index (χ1) is 11.1. The summed E-state index contributed by atoms with van der Waals surface area (Å²) in [6.45, 7) is 1.80. The van der Waals surface area contributed by atoms with Crippen LogP contribution in [0.3, 0.4) is 0 Å². The van der Waals surface area contributed by atoms with Gasteiger partial charge in [0.1, 0.15) is 17.2 Å². The van der Waals surface area contributed by atoms with Gasteiger partial charge in [-0.05, 0) is 36.4 Å². The van der Waals surface area contributed by atoms with Crippen molar-refractivity contribution in [1.82, 2.24) is 0 Å². The van der Waals surface area contributed by atoms with Gasteiger partial charge in [0.25, 0.3) is 0 Å². The Labute approximate surface area is 134 Å². The predicted octanol–water partition coefficient (Wildman–Crippen LogP) is 3.52. The van der Waals surface area contributed by atoms with E-state index in [1.54, 1.807) is 49.4 Å². The lowest BCUT2D eigenvalue weighted by atomic mass is 10.1. The Kier molecular flexibility index (Phi) is 5.36. The molecule has 0 radical (unpaired) electrons. The number of esters is 1. The van der Waals surface area contributed by atoms with Gasteiger partial charge in [-0.1, -0.05) is 6.92 Å². The molecule has 0 amide bonds. The molecule has 0 fully saturated rings. The van der Waals surface area contributed by atoms with Gasteiger partial charge in [0, 0.05) is 18.1 Å². The van der Waals surface area contributed by atoms with Crippen molar-refractivity contribution in [3.05, 3.63) is 53.6 Å². The van der Waals surface area contributed by atoms with Crippen LogP contribution in [-0.4, -0.2) is 26.0 Å². The number of hydrogen-bond acceptors (Lipinski definition) is 5. The third-order valence-corrected chi connectivity index (χ3v) is 3.30. The molecule has 0 heterocycles. The van der Waals surface area contributed by atoms with Gasteiger partial charge in [-0.3, -0.25) is 4.79 Å². The van der Waals surface area contributed by atoms with Crippen LogP contribution < -0.4 is 14.2 Å². The van der Waals surface area contributed by atoms with E-state index in [0.29, 0.717) is 34.8 Å². The van der Waals surface area contributed by atoms with Crippen LogP contribution in [0.5, 0.6) is 17.2 Å². The first-order valence-corrected chi connectivity index (χ1v) is 7.16. The van der Waals surface area contributed by atoms with Crippen LogP contribution in [0.4, 0.5) is 0 Å². The maximum atomic E-state index is 12.2. The molecular formula is C18H18O5. The number of Topliss-reactive ketones (excluding diaryl/α,β-unsaturated/α-hetero) is 1. The van der Waals surface area contributed by atoms with Crippen molar-refractivity contribution in [2.24, 2.45) is 0 Å². The average molecular weight is 314 g/mol. The predicted molar refractivity (Wildman–Crippen MR) is 85.6 cm³/mol. The fourth-order valence-electron chi connectivity index (χ4n) is 2.00. The van der Waals surface area contributed by atoms with Crippen molar-refractivity contribution in [3.63, 3.8) is 0 Å². The topological polar surface area (TPSA) is 61.8 Å². The van der Waals surface area contributed by atoms with Crippen LogP contribution in [0.1, 0.15) is 34.1 Å². The van der Waals surface area contributed by atoms with E-state index in [1.807, 2.05) is 0 Å². The van der Waals surface area contributed by atoms with E-state index in [9.17, 15) is 9.59 Å². The third-order valence-electron chi connectivity index (χ3n) is 3.30. The summed E-state index contributed by atoms with van der Waals surface area (Å²) >= 11 is 0. The lowest BCUT2D eigenvalue weighted by Gasteiger charge is -2.09. The number of benzene rings is 2. The number of rotatable bonds is 6. The number of ether oxygens (including phenoxy) is 3. The zero-order valence-corrected chi connectivity index (χ0v) is 13.3. The fraction of sp³-hybridized carbons (Fsp3) is 0.222. The Morgan fingerprint density at radius 1 is 0.826 bits per heavy atom. The number of ketones is 1. The molecule has 5 heteroatoms. The van der Waals surface area contributed by atoms with Crippen LogP contribution in [0.2, 0.25) is 0 Å². The van der Waals surface area contributed by atoms with Gasteiger partial charge in [0.15, 0.2) is 5.78 Å². The summed E-state index contributed by atoms with van der Waals surface area (Å²) in [4.78, 5) is 23.8. The summed E-state index contributed by atoms with van der Waals surface area (Å²) < 4.78 is 15.6. The Hall–Kier alpha value is -2.82. The number of carbonyl (C=O) groups excluding carboxylic acids is 2. The Balaban J connectivity index is 2.17. The molecule has 23 heavy (non-hydrogen) atoms. The molecular weight excluding hydrogens is 296 g/mol. The monoisotopic (exact) mass is 314 g/mol. The lowest BCUT2D eigenvalue weighted by Crippen LogP contribution is -2.09. The van der Waals surface area contributed by atoms with Gasteiger partial charge in [0.2, 0.25) is 0 Å². The van der Waals surface area contributed by atoms with E-state index in [0.717, 1.165) is 0 Å². The van der Waals surface area contributed by atoms with Gasteiger partial charge >= 0.3 is 5.97 Å². The average Bonchev–Trinajstić information content (AvgIpc) is 2.61. The molecule has 2 aromatic rings. The van der Waals surface area contributed by atoms with Crippen LogP contribution in [0.25, 0.3) is 0 Å². The minimum Gasteiger partial charge on any atom is -0.497 e. The minimum atomic E-state index is -0.531. The first kappa shape index (κ1) is 16.5. The summed E-state index contributed by atoms with van der Waals surface area (Å²) in [5, 5.41) is 0. The molecule has 0 atom stereocenters. The van der Waals surface area contributed by atoms with Crippen LogP contribution in [0.15, 0.2) is 42.5 Å². The minimum absolute atomic E-state index is 0.0420. The highest BCUT2D eigenvalue weighted by Gasteiger charge is 2.13. The van der Waals surface area contributed by atoms with Crippen LogP contribution >= 0.6 is 0 Å². The maximum absolute atomic E-state index is 12.2. The van der Waals surface area contributed by atoms with Gasteiger partial charge < -0.3 is 14.2 Å². The maximum Gasteiger partial charge on any atom is 0.343 e. The molecule has 5 nitrogen and oxygen atoms in total. The van der Waals surface area contributed by atoms with Crippen LogP contribution in [-0.2, 0) is 0 Å². The summed E-state index contributed by atoms with van der Waals surface area (Å²) in [5.41, 5.74) is 0.908. The highest BCUT2D eigenvalue weighted by atomic mass is 16.5. The number of carbonyl (C=O) groups is 2. The molecule has 2 rings (SSSR count). The Bertz CT molecular complexity index is 682. The van der Waals surface area contributed by atoms with E-state index in [1.165, 1.54) is 14.2 Å². The highest BCUT2D eigenvalue weighted by Crippen LogP contribution is 2.24. The third kappa shape index (κ3) is 4.10. The van der Waals surface area contributed by atoms with Gasteiger partial charge in [-0.15, -0.1) is 0 Å². The largest absolute Gasteiger partial charge is 0.497 e. The smallest absolute Gasteiger partial charge is 0.343 e. The standard InChI is InChI=1S/C18H18O5/c1-4-17(19)12-5-7-14(8-6-12)23-18(20)13-9-15(21-2)11-16(10-13)22-3/h5-11H,4H2,1-3H3. The SMILES string of the molecule is CCC(=O)c1ccc(OC(=O)c2cc(OC)cc(OC)c2)cc1. The number of hydrogen-bond donors (Lipinski definition) is 0. The lowest BCUT2D eigenvalue weighted by molar-refractivity contribution is 0.0734.